The number of hydrogen-bond acceptors (Lipinski definition) is 5. The van der Waals surface area contributed by atoms with Gasteiger partial charge in [-0.15, -0.1) is 0 Å². The van der Waals surface area contributed by atoms with Crippen LogP contribution in [0.5, 0.6) is 0 Å². The number of amides is 1. The summed E-state index contributed by atoms with van der Waals surface area (Å²) in [7, 11) is 0. The molecule has 3 unspecified atom stereocenters. The number of unbranched alkanes of at least 4 members (excludes halogenated alkanes) is 21. The molecule has 0 heterocycles. The highest BCUT2D eigenvalue weighted by Gasteiger charge is 2.24. The summed E-state index contributed by atoms with van der Waals surface area (Å²) in [5.74, 6) is -0.531. The summed E-state index contributed by atoms with van der Waals surface area (Å²) in [6.07, 6.45) is 59.2. The molecule has 0 saturated carbocycles. The maximum atomic E-state index is 13.1. The van der Waals surface area contributed by atoms with E-state index in [1.807, 2.05) is 24.3 Å². The van der Waals surface area contributed by atoms with Crippen LogP contribution in [0.4, 0.5) is 0 Å². The van der Waals surface area contributed by atoms with Gasteiger partial charge in [-0.05, 0) is 70.6 Å². The minimum absolute atomic E-state index is 0.0487. The van der Waals surface area contributed by atoms with Gasteiger partial charge in [0.05, 0.1) is 25.2 Å². The molecule has 0 spiro atoms. The molecule has 0 aromatic carbocycles. The lowest BCUT2D eigenvalue weighted by Crippen LogP contribution is -2.46. The Kier molecular flexibility index (Phi) is 43.8. The van der Waals surface area contributed by atoms with Crippen LogP contribution >= 0.6 is 0 Å². The molecule has 3 atom stereocenters. The zero-order valence-electron chi connectivity index (χ0n) is 38.4. The first-order chi connectivity index (χ1) is 29.0. The molecule has 1 amide bonds. The Bertz CT molecular complexity index is 1150. The van der Waals surface area contributed by atoms with E-state index in [0.29, 0.717) is 19.3 Å². The number of esters is 1. The average Bonchev–Trinajstić information content (AvgIpc) is 3.23. The van der Waals surface area contributed by atoms with Gasteiger partial charge in [0.15, 0.2) is 0 Å². The monoisotopic (exact) mass is 822 g/mol. The lowest BCUT2D eigenvalue weighted by molar-refractivity contribution is -0.151. The molecule has 0 bridgehead atoms. The normalized spacial score (nSPS) is 14.1. The Balaban J connectivity index is 4.68. The van der Waals surface area contributed by atoms with E-state index in [0.717, 1.165) is 103 Å². The van der Waals surface area contributed by atoms with Crippen molar-refractivity contribution in [1.82, 2.24) is 5.32 Å². The van der Waals surface area contributed by atoms with Crippen LogP contribution in [0.25, 0.3) is 0 Å². The minimum atomic E-state index is -0.800. The molecule has 6 heteroatoms. The quantitative estimate of drug-likeness (QED) is 0.0324. The number of carbonyl (C=O) groups excluding carboxylic acids is 2. The van der Waals surface area contributed by atoms with Gasteiger partial charge in [0.1, 0.15) is 6.10 Å². The molecule has 6 nitrogen and oxygen atoms in total. The van der Waals surface area contributed by atoms with E-state index < -0.39 is 18.2 Å². The summed E-state index contributed by atoms with van der Waals surface area (Å²) in [6.45, 7) is 6.32. The first kappa shape index (κ1) is 56.0. The van der Waals surface area contributed by atoms with Crippen molar-refractivity contribution in [3.05, 3.63) is 85.1 Å². The first-order valence-electron chi connectivity index (χ1n) is 24.4. The molecule has 0 fully saturated rings. The summed E-state index contributed by atoms with van der Waals surface area (Å²) in [6, 6.07) is -0.716. The minimum Gasteiger partial charge on any atom is -0.462 e. The fourth-order valence-electron chi connectivity index (χ4n) is 6.86. The topological polar surface area (TPSA) is 95.9 Å². The maximum Gasteiger partial charge on any atom is 0.306 e. The van der Waals surface area contributed by atoms with Gasteiger partial charge < -0.3 is 20.3 Å². The summed E-state index contributed by atoms with van der Waals surface area (Å²) < 4.78 is 5.90. The van der Waals surface area contributed by atoms with E-state index in [9.17, 15) is 19.8 Å². The van der Waals surface area contributed by atoms with Crippen molar-refractivity contribution in [1.29, 1.82) is 0 Å². The van der Waals surface area contributed by atoms with Gasteiger partial charge in [0, 0.05) is 6.42 Å². The zero-order chi connectivity index (χ0) is 43.1. The predicted octanol–water partition coefficient (Wildman–Crippen LogP) is 14.4. The standard InChI is InChI=1S/C53H91NO5/c1-4-7-10-13-16-19-21-23-24-25-26-27-29-31-34-37-40-43-46-53(58)59-49(44-41-38-35-33-30-28-22-20-17-14-11-8-5-2)47-52(57)54-50(48-55)51(56)45-42-39-36-32-18-15-12-9-6-3/h10,13,16-17,19-28,49-51,55-56H,4-9,11-12,14-15,18,29-48H2,1-3H3,(H,54,57)/b13-10+,19-16+,20-17+,23-21+,25-24+,27-26+,28-22+. The number of ether oxygens (including phenoxy) is 1. The van der Waals surface area contributed by atoms with Crippen molar-refractivity contribution < 1.29 is 24.5 Å². The van der Waals surface area contributed by atoms with Crippen LogP contribution in [0.15, 0.2) is 85.1 Å². The summed E-state index contributed by atoms with van der Waals surface area (Å²) in [4.78, 5) is 26.1. The fraction of sp³-hybridized carbons (Fsp3) is 0.698. The van der Waals surface area contributed by atoms with E-state index in [-0.39, 0.29) is 24.9 Å². The average molecular weight is 822 g/mol. The third-order valence-electron chi connectivity index (χ3n) is 10.6. The number of hydrogen-bond donors (Lipinski definition) is 3. The zero-order valence-corrected chi connectivity index (χ0v) is 38.4. The van der Waals surface area contributed by atoms with Crippen LogP contribution in [0.2, 0.25) is 0 Å². The van der Waals surface area contributed by atoms with Crippen molar-refractivity contribution in [2.45, 2.75) is 232 Å². The molecule has 59 heavy (non-hydrogen) atoms. The number of allylic oxidation sites excluding steroid dienone is 14. The van der Waals surface area contributed by atoms with Crippen LogP contribution in [0, 0.1) is 0 Å². The second kappa shape index (κ2) is 46.1. The van der Waals surface area contributed by atoms with E-state index in [1.54, 1.807) is 0 Å². The highest BCUT2D eigenvalue weighted by atomic mass is 16.5. The van der Waals surface area contributed by atoms with Crippen molar-refractivity contribution in [2.24, 2.45) is 0 Å². The molecule has 0 radical (unpaired) electrons. The van der Waals surface area contributed by atoms with Crippen molar-refractivity contribution >= 4 is 11.9 Å². The molecule has 3 N–H and O–H groups in total. The van der Waals surface area contributed by atoms with Crippen LogP contribution in [-0.4, -0.2) is 46.9 Å². The van der Waals surface area contributed by atoms with Crippen molar-refractivity contribution in [2.75, 3.05) is 6.61 Å². The molecule has 0 aliphatic rings. The van der Waals surface area contributed by atoms with Crippen molar-refractivity contribution in [3.63, 3.8) is 0 Å². The number of nitrogens with one attached hydrogen (secondary N) is 1. The molecular formula is C53H91NO5. The Morgan fingerprint density at radius 2 is 0.898 bits per heavy atom. The van der Waals surface area contributed by atoms with Gasteiger partial charge in [0.25, 0.3) is 0 Å². The van der Waals surface area contributed by atoms with Crippen LogP contribution in [-0.2, 0) is 14.3 Å². The number of aliphatic hydroxyl groups is 2. The van der Waals surface area contributed by atoms with Gasteiger partial charge >= 0.3 is 5.97 Å². The van der Waals surface area contributed by atoms with Gasteiger partial charge in [-0.2, -0.15) is 0 Å². The Labute approximate surface area is 363 Å². The first-order valence-corrected chi connectivity index (χ1v) is 24.4. The largest absolute Gasteiger partial charge is 0.462 e. The number of aliphatic hydroxyl groups excluding tert-OH is 2. The second-order valence-electron chi connectivity index (χ2n) is 16.3. The van der Waals surface area contributed by atoms with E-state index in [1.165, 1.54) is 64.2 Å². The van der Waals surface area contributed by atoms with E-state index >= 15 is 0 Å². The smallest absolute Gasteiger partial charge is 0.306 e. The molecule has 0 rings (SSSR count). The van der Waals surface area contributed by atoms with Crippen LogP contribution in [0.1, 0.15) is 213 Å². The van der Waals surface area contributed by atoms with Gasteiger partial charge in [-0.1, -0.05) is 215 Å². The molecule has 0 saturated heterocycles. The molecule has 338 valence electrons. The fourth-order valence-corrected chi connectivity index (χ4v) is 6.86. The lowest BCUT2D eigenvalue weighted by Gasteiger charge is -2.24. The molecule has 0 aromatic rings. The summed E-state index contributed by atoms with van der Waals surface area (Å²) in [5.41, 5.74) is 0. The Morgan fingerprint density at radius 3 is 1.42 bits per heavy atom. The van der Waals surface area contributed by atoms with Crippen LogP contribution < -0.4 is 5.32 Å². The van der Waals surface area contributed by atoms with Crippen molar-refractivity contribution in [3.8, 4) is 0 Å². The predicted molar refractivity (Wildman–Crippen MR) is 254 cm³/mol. The second-order valence-corrected chi connectivity index (χ2v) is 16.3. The van der Waals surface area contributed by atoms with Crippen LogP contribution in [0.3, 0.4) is 0 Å². The Hall–Kier alpha value is -2.96. The number of rotatable bonds is 42. The van der Waals surface area contributed by atoms with Gasteiger partial charge in [-0.3, -0.25) is 9.59 Å². The van der Waals surface area contributed by atoms with Gasteiger partial charge in [-0.25, -0.2) is 0 Å². The van der Waals surface area contributed by atoms with E-state index in [4.69, 9.17) is 4.74 Å². The van der Waals surface area contributed by atoms with E-state index in [2.05, 4.69) is 86.8 Å². The SMILES string of the molecule is CCC/C=C/C=C/C=C/C=C/C=C/CCCCCCCC(=O)OC(CCCCCC/C=C/C=C/CCCCC)CC(=O)NC(CO)C(O)CCCCCCCCCCC. The molecule has 0 aliphatic carbocycles. The summed E-state index contributed by atoms with van der Waals surface area (Å²) >= 11 is 0. The molecule has 0 aromatic heterocycles. The third kappa shape index (κ3) is 41.6. The highest BCUT2D eigenvalue weighted by Crippen LogP contribution is 2.17. The maximum absolute atomic E-state index is 13.1. The summed E-state index contributed by atoms with van der Waals surface area (Å²) in [5, 5.41) is 23.6. The third-order valence-corrected chi connectivity index (χ3v) is 10.6. The molecule has 0 aliphatic heterocycles. The number of carbonyl (C=O) groups is 2. The molecular weight excluding hydrogens is 731 g/mol. The lowest BCUT2D eigenvalue weighted by atomic mass is 10.0. The highest BCUT2D eigenvalue weighted by molar-refractivity contribution is 5.77. The van der Waals surface area contributed by atoms with Gasteiger partial charge in [0.2, 0.25) is 5.91 Å². The Morgan fingerprint density at radius 1 is 0.492 bits per heavy atom.